The average molecular weight is 291 g/mol. The Kier molecular flexibility index (Phi) is 5.20. The lowest BCUT2D eigenvalue weighted by molar-refractivity contribution is -0.121. The first-order valence-corrected chi connectivity index (χ1v) is 7.62. The van der Waals surface area contributed by atoms with Crippen molar-refractivity contribution in [2.45, 2.75) is 32.2 Å². The van der Waals surface area contributed by atoms with E-state index in [2.05, 4.69) is 10.2 Å². The number of benzene rings is 1. The monoisotopic (exact) mass is 291 g/mol. The van der Waals surface area contributed by atoms with Gasteiger partial charge in [-0.1, -0.05) is 26.0 Å². The molecule has 0 aliphatic carbocycles. The molecule has 0 bridgehead atoms. The van der Waals surface area contributed by atoms with Gasteiger partial charge in [-0.15, -0.1) is 0 Å². The van der Waals surface area contributed by atoms with Crippen molar-refractivity contribution in [3.05, 3.63) is 24.3 Å². The highest BCUT2D eigenvalue weighted by molar-refractivity contribution is 6.00. The van der Waals surface area contributed by atoms with E-state index in [1.807, 2.05) is 38.1 Å². The van der Waals surface area contributed by atoms with Gasteiger partial charge in [0.25, 0.3) is 0 Å². The third-order valence-electron chi connectivity index (χ3n) is 4.22. The fourth-order valence-corrected chi connectivity index (χ4v) is 2.48. The molecule has 1 aliphatic heterocycles. The predicted octanol–water partition coefficient (Wildman–Crippen LogP) is 1.98. The zero-order valence-corrected chi connectivity index (χ0v) is 12.9. The summed E-state index contributed by atoms with van der Waals surface area (Å²) in [5.74, 6) is -0.117. The molecule has 2 rings (SSSR count). The standard InChI is InChI=1S/C16H25N3O2/c1-3-16(17,4-2)15(20)18-13-7-5-6-8-14(13)19-9-11-21-12-10-19/h5-8H,3-4,9-12,17H2,1-2H3,(H,18,20). The van der Waals surface area contributed by atoms with E-state index in [1.54, 1.807) is 0 Å². The SMILES string of the molecule is CCC(N)(CC)C(=O)Nc1ccccc1N1CCOCC1. The molecule has 1 saturated heterocycles. The minimum atomic E-state index is -0.807. The van der Waals surface area contributed by atoms with Gasteiger partial charge in [0.15, 0.2) is 0 Å². The molecule has 0 spiro atoms. The predicted molar refractivity (Wildman–Crippen MR) is 85.6 cm³/mol. The summed E-state index contributed by atoms with van der Waals surface area (Å²) in [5.41, 5.74) is 7.22. The number of hydrogen-bond acceptors (Lipinski definition) is 4. The zero-order valence-electron chi connectivity index (χ0n) is 12.9. The summed E-state index contributed by atoms with van der Waals surface area (Å²) in [4.78, 5) is 14.7. The van der Waals surface area contributed by atoms with Crippen LogP contribution >= 0.6 is 0 Å². The second-order valence-corrected chi connectivity index (χ2v) is 5.43. The maximum Gasteiger partial charge on any atom is 0.244 e. The van der Waals surface area contributed by atoms with Gasteiger partial charge in [-0.25, -0.2) is 0 Å². The van der Waals surface area contributed by atoms with Crippen LogP contribution in [0.15, 0.2) is 24.3 Å². The van der Waals surface area contributed by atoms with E-state index in [9.17, 15) is 4.79 Å². The van der Waals surface area contributed by atoms with Crippen molar-refractivity contribution in [2.75, 3.05) is 36.5 Å². The molecule has 0 aromatic heterocycles. The van der Waals surface area contributed by atoms with Crippen molar-refractivity contribution in [3.63, 3.8) is 0 Å². The number of ether oxygens (including phenoxy) is 1. The third kappa shape index (κ3) is 3.54. The molecule has 116 valence electrons. The lowest BCUT2D eigenvalue weighted by atomic mass is 9.93. The summed E-state index contributed by atoms with van der Waals surface area (Å²) < 4.78 is 5.38. The molecule has 0 saturated carbocycles. The van der Waals surface area contributed by atoms with E-state index in [4.69, 9.17) is 10.5 Å². The summed E-state index contributed by atoms with van der Waals surface area (Å²) in [5, 5.41) is 3.00. The topological polar surface area (TPSA) is 67.6 Å². The van der Waals surface area contributed by atoms with Crippen molar-refractivity contribution < 1.29 is 9.53 Å². The fourth-order valence-electron chi connectivity index (χ4n) is 2.48. The van der Waals surface area contributed by atoms with Crippen LogP contribution in [0.5, 0.6) is 0 Å². The maximum absolute atomic E-state index is 12.5. The highest BCUT2D eigenvalue weighted by Crippen LogP contribution is 2.27. The van der Waals surface area contributed by atoms with Crippen LogP contribution in [-0.2, 0) is 9.53 Å². The van der Waals surface area contributed by atoms with Crippen LogP contribution in [0.25, 0.3) is 0 Å². The van der Waals surface area contributed by atoms with Crippen molar-refractivity contribution in [2.24, 2.45) is 5.73 Å². The number of amides is 1. The Balaban J connectivity index is 2.18. The number of nitrogens with one attached hydrogen (secondary N) is 1. The number of carbonyl (C=O) groups is 1. The Bertz CT molecular complexity index is 480. The number of morpholine rings is 1. The number of carbonyl (C=O) groups excluding carboxylic acids is 1. The Morgan fingerprint density at radius 2 is 1.90 bits per heavy atom. The lowest BCUT2D eigenvalue weighted by Gasteiger charge is -2.31. The molecule has 1 aromatic carbocycles. The number of nitrogens with zero attached hydrogens (tertiary/aromatic N) is 1. The Hall–Kier alpha value is -1.59. The van der Waals surface area contributed by atoms with Gasteiger partial charge in [0.05, 0.1) is 30.1 Å². The summed E-state index contributed by atoms with van der Waals surface area (Å²) >= 11 is 0. The van der Waals surface area contributed by atoms with Crippen molar-refractivity contribution in [3.8, 4) is 0 Å². The smallest absolute Gasteiger partial charge is 0.244 e. The zero-order chi connectivity index (χ0) is 15.3. The Morgan fingerprint density at radius 1 is 1.29 bits per heavy atom. The van der Waals surface area contributed by atoms with E-state index in [-0.39, 0.29) is 5.91 Å². The van der Waals surface area contributed by atoms with E-state index < -0.39 is 5.54 Å². The molecule has 0 radical (unpaired) electrons. The number of anilines is 2. The van der Waals surface area contributed by atoms with Crippen molar-refractivity contribution >= 4 is 17.3 Å². The minimum absolute atomic E-state index is 0.117. The van der Waals surface area contributed by atoms with Gasteiger partial charge >= 0.3 is 0 Å². The van der Waals surface area contributed by atoms with Crippen LogP contribution in [0.3, 0.4) is 0 Å². The van der Waals surface area contributed by atoms with E-state index in [0.717, 1.165) is 24.5 Å². The van der Waals surface area contributed by atoms with Gasteiger partial charge in [0.1, 0.15) is 0 Å². The molecular weight excluding hydrogens is 266 g/mol. The molecule has 3 N–H and O–H groups in total. The molecule has 5 heteroatoms. The normalized spacial score (nSPS) is 15.9. The molecule has 1 aromatic rings. The minimum Gasteiger partial charge on any atom is -0.378 e. The second kappa shape index (κ2) is 6.91. The average Bonchev–Trinajstić information content (AvgIpc) is 2.55. The van der Waals surface area contributed by atoms with E-state index >= 15 is 0 Å². The van der Waals surface area contributed by atoms with Gasteiger partial charge in [0.2, 0.25) is 5.91 Å². The first-order chi connectivity index (χ1) is 10.1. The molecule has 5 nitrogen and oxygen atoms in total. The molecular formula is C16H25N3O2. The van der Waals surface area contributed by atoms with E-state index in [0.29, 0.717) is 26.1 Å². The summed E-state index contributed by atoms with van der Waals surface area (Å²) in [6.45, 7) is 6.98. The van der Waals surface area contributed by atoms with Crippen molar-refractivity contribution in [1.29, 1.82) is 0 Å². The van der Waals surface area contributed by atoms with Gasteiger partial charge in [-0.2, -0.15) is 0 Å². The summed E-state index contributed by atoms with van der Waals surface area (Å²) in [6, 6.07) is 7.86. The third-order valence-corrected chi connectivity index (χ3v) is 4.22. The molecule has 1 fully saturated rings. The van der Waals surface area contributed by atoms with Gasteiger partial charge in [-0.05, 0) is 25.0 Å². The number of hydrogen-bond donors (Lipinski definition) is 2. The molecule has 21 heavy (non-hydrogen) atoms. The number of nitrogens with two attached hydrogens (primary N) is 1. The van der Waals surface area contributed by atoms with Crippen LogP contribution in [0.1, 0.15) is 26.7 Å². The van der Waals surface area contributed by atoms with Crippen LogP contribution in [0, 0.1) is 0 Å². The quantitative estimate of drug-likeness (QED) is 0.870. The molecule has 1 heterocycles. The Morgan fingerprint density at radius 3 is 2.52 bits per heavy atom. The van der Waals surface area contributed by atoms with Crippen LogP contribution in [0.2, 0.25) is 0 Å². The first-order valence-electron chi connectivity index (χ1n) is 7.62. The summed E-state index contributed by atoms with van der Waals surface area (Å²) in [7, 11) is 0. The van der Waals surface area contributed by atoms with Gasteiger partial charge in [0, 0.05) is 13.1 Å². The highest BCUT2D eigenvalue weighted by atomic mass is 16.5. The first kappa shape index (κ1) is 15.8. The maximum atomic E-state index is 12.5. The molecule has 0 unspecified atom stereocenters. The molecule has 1 aliphatic rings. The van der Waals surface area contributed by atoms with Gasteiger partial charge in [-0.3, -0.25) is 4.79 Å². The fraction of sp³-hybridized carbons (Fsp3) is 0.562. The molecule has 0 atom stereocenters. The lowest BCUT2D eigenvalue weighted by Crippen LogP contribution is -2.50. The van der Waals surface area contributed by atoms with Crippen LogP contribution < -0.4 is 16.0 Å². The second-order valence-electron chi connectivity index (χ2n) is 5.43. The largest absolute Gasteiger partial charge is 0.378 e. The van der Waals surface area contributed by atoms with Crippen LogP contribution in [-0.4, -0.2) is 37.7 Å². The van der Waals surface area contributed by atoms with Crippen LogP contribution in [0.4, 0.5) is 11.4 Å². The highest BCUT2D eigenvalue weighted by Gasteiger charge is 2.30. The number of rotatable bonds is 5. The summed E-state index contributed by atoms with van der Waals surface area (Å²) in [6.07, 6.45) is 1.24. The number of para-hydroxylation sites is 2. The molecule has 1 amide bonds. The Labute approximate surface area is 126 Å². The van der Waals surface area contributed by atoms with Gasteiger partial charge < -0.3 is 20.7 Å². The van der Waals surface area contributed by atoms with Crippen molar-refractivity contribution in [1.82, 2.24) is 0 Å². The van der Waals surface area contributed by atoms with E-state index in [1.165, 1.54) is 0 Å².